The Bertz CT molecular complexity index is 579. The monoisotopic (exact) mass is 298 g/mol. The van der Waals surface area contributed by atoms with Crippen LogP contribution in [-0.2, 0) is 10.2 Å². The summed E-state index contributed by atoms with van der Waals surface area (Å²) in [7, 11) is 3.97. The molecule has 0 bridgehead atoms. The summed E-state index contributed by atoms with van der Waals surface area (Å²) in [6, 6.07) is 8.94. The third kappa shape index (κ3) is 2.60. The molecule has 1 aromatic carbocycles. The zero-order chi connectivity index (χ0) is 16.4. The van der Waals surface area contributed by atoms with Crippen LogP contribution in [0.4, 0.5) is 0 Å². The van der Waals surface area contributed by atoms with Crippen LogP contribution in [0.3, 0.4) is 0 Å². The van der Waals surface area contributed by atoms with Crippen LogP contribution < -0.4 is 0 Å². The van der Waals surface area contributed by atoms with Crippen molar-refractivity contribution in [1.82, 2.24) is 4.90 Å². The molecule has 0 unspecified atom stereocenters. The molecule has 2 aliphatic carbocycles. The number of hydrogen-bond acceptors (Lipinski definition) is 2. The molecule has 2 aliphatic rings. The van der Waals surface area contributed by atoms with E-state index < -0.39 is 0 Å². The highest BCUT2D eigenvalue weighted by atomic mass is 16.1. The minimum Gasteiger partial charge on any atom is -0.340 e. The van der Waals surface area contributed by atoms with Gasteiger partial charge in [-0.1, -0.05) is 36.4 Å². The van der Waals surface area contributed by atoms with Crippen molar-refractivity contribution in [3.8, 4) is 0 Å². The number of carbonyl (C=O) groups excluding carboxylic acids is 1. The number of likely N-dealkylation sites (N-methyl/N-ethyl adjacent to an activating group) is 1. The minimum absolute atomic E-state index is 0.0974. The normalized spacial score (nSPS) is 20.4. The Morgan fingerprint density at radius 3 is 2.41 bits per heavy atom. The summed E-state index contributed by atoms with van der Waals surface area (Å²) in [4.78, 5) is 14.7. The first-order chi connectivity index (χ1) is 10.6. The van der Waals surface area contributed by atoms with Crippen molar-refractivity contribution >= 4 is 12.6 Å². The lowest BCUT2D eigenvalue weighted by atomic mass is 9.55. The molecule has 0 atom stereocenters. The van der Waals surface area contributed by atoms with Gasteiger partial charge in [0.1, 0.15) is 12.6 Å². The fourth-order valence-electron chi connectivity index (χ4n) is 3.99. The fraction of sp³-hybridized carbons (Fsp3) is 0.474. The maximum absolute atomic E-state index is 8.00. The van der Waals surface area contributed by atoms with Gasteiger partial charge in [-0.3, -0.25) is 4.99 Å². The standard InChI is InChI=1S/C18H24N2.CH2O/c1-5-20(4)16(19-3)18(12-17(13-18)9-10-17)15-8-6-7-14(2)11-15;1-2/h5-8,11H,1,9-10,12-13H2,2-4H3;1H2. The molecule has 0 N–H and O–H groups in total. The molecule has 0 aromatic heterocycles. The van der Waals surface area contributed by atoms with Crippen molar-refractivity contribution in [2.24, 2.45) is 10.4 Å². The van der Waals surface area contributed by atoms with E-state index in [-0.39, 0.29) is 5.41 Å². The van der Waals surface area contributed by atoms with Crippen molar-refractivity contribution in [2.45, 2.75) is 38.0 Å². The van der Waals surface area contributed by atoms with Gasteiger partial charge in [-0.2, -0.15) is 0 Å². The van der Waals surface area contributed by atoms with E-state index in [1.807, 2.05) is 20.0 Å². The number of hydrogen-bond donors (Lipinski definition) is 0. The number of aryl methyl sites for hydroxylation is 1. The summed E-state index contributed by atoms with van der Waals surface area (Å²) in [6.07, 6.45) is 7.16. The van der Waals surface area contributed by atoms with Crippen LogP contribution in [0.15, 0.2) is 42.0 Å². The molecule has 1 aromatic rings. The van der Waals surface area contributed by atoms with Crippen LogP contribution >= 0.6 is 0 Å². The smallest absolute Gasteiger partial charge is 0.113 e. The maximum Gasteiger partial charge on any atom is 0.113 e. The quantitative estimate of drug-likeness (QED) is 0.629. The molecule has 0 saturated heterocycles. The number of nitrogens with zero attached hydrogens (tertiary/aromatic N) is 2. The van der Waals surface area contributed by atoms with Gasteiger partial charge in [-0.05, 0) is 49.8 Å². The van der Waals surface area contributed by atoms with Crippen LogP contribution in [0.2, 0.25) is 0 Å². The Labute approximate surface area is 133 Å². The third-order valence-electron chi connectivity index (χ3n) is 5.13. The van der Waals surface area contributed by atoms with Crippen LogP contribution in [0, 0.1) is 12.3 Å². The highest BCUT2D eigenvalue weighted by Crippen LogP contribution is 2.69. The molecule has 3 nitrogen and oxygen atoms in total. The molecule has 3 rings (SSSR count). The van der Waals surface area contributed by atoms with E-state index in [1.165, 1.54) is 36.8 Å². The second kappa shape index (κ2) is 6.07. The lowest BCUT2D eigenvalue weighted by Crippen LogP contribution is -2.53. The number of rotatable bonds is 3. The first-order valence-corrected chi connectivity index (χ1v) is 7.74. The van der Waals surface area contributed by atoms with Gasteiger partial charge in [0, 0.05) is 14.1 Å². The van der Waals surface area contributed by atoms with Crippen LogP contribution in [0.25, 0.3) is 0 Å². The molecule has 0 amide bonds. The van der Waals surface area contributed by atoms with Gasteiger partial charge in [0.25, 0.3) is 0 Å². The Hall–Kier alpha value is -1.90. The van der Waals surface area contributed by atoms with E-state index in [0.717, 1.165) is 5.84 Å². The molecule has 118 valence electrons. The molecular weight excluding hydrogens is 272 g/mol. The molecule has 2 fully saturated rings. The molecule has 0 aliphatic heterocycles. The van der Waals surface area contributed by atoms with Crippen molar-refractivity contribution in [2.75, 3.05) is 14.1 Å². The SMILES string of the molecule is C=CN(C)C(=NC)C1(c2cccc(C)c2)CC2(CC2)C1.C=O. The van der Waals surface area contributed by atoms with Crippen LogP contribution in [0.1, 0.15) is 36.8 Å². The summed E-state index contributed by atoms with van der Waals surface area (Å²) in [5.41, 5.74) is 3.47. The minimum atomic E-state index is 0.0974. The van der Waals surface area contributed by atoms with Crippen molar-refractivity contribution < 1.29 is 4.79 Å². The van der Waals surface area contributed by atoms with Crippen molar-refractivity contribution in [3.63, 3.8) is 0 Å². The summed E-state index contributed by atoms with van der Waals surface area (Å²) < 4.78 is 0. The van der Waals surface area contributed by atoms with Gasteiger partial charge in [0.2, 0.25) is 0 Å². The zero-order valence-electron chi connectivity index (χ0n) is 13.9. The van der Waals surface area contributed by atoms with Gasteiger partial charge in [-0.15, -0.1) is 0 Å². The molecule has 3 heteroatoms. The van der Waals surface area contributed by atoms with Gasteiger partial charge in [-0.25, -0.2) is 0 Å². The Morgan fingerprint density at radius 2 is 1.95 bits per heavy atom. The fourth-order valence-corrected chi connectivity index (χ4v) is 3.99. The predicted octanol–water partition coefficient (Wildman–Crippen LogP) is 3.73. The first-order valence-electron chi connectivity index (χ1n) is 7.74. The number of aliphatic imine (C=N–C) groups is 1. The van der Waals surface area contributed by atoms with Crippen LogP contribution in [0.5, 0.6) is 0 Å². The molecule has 22 heavy (non-hydrogen) atoms. The Balaban J connectivity index is 0.000000847. The van der Waals surface area contributed by atoms with Gasteiger partial charge >= 0.3 is 0 Å². The second-order valence-electron chi connectivity index (χ2n) is 6.65. The highest BCUT2D eigenvalue weighted by Gasteiger charge is 2.63. The van der Waals surface area contributed by atoms with E-state index in [4.69, 9.17) is 4.79 Å². The summed E-state index contributed by atoms with van der Waals surface area (Å²) in [6.45, 7) is 8.08. The van der Waals surface area contributed by atoms with E-state index in [0.29, 0.717) is 5.41 Å². The Kier molecular flexibility index (Phi) is 4.55. The molecule has 0 heterocycles. The topological polar surface area (TPSA) is 32.7 Å². The van der Waals surface area contributed by atoms with Gasteiger partial charge in [0.15, 0.2) is 0 Å². The lowest BCUT2D eigenvalue weighted by molar-refractivity contribution is -0.0979. The average Bonchev–Trinajstić information content (AvgIpc) is 3.29. The van der Waals surface area contributed by atoms with Crippen molar-refractivity contribution in [1.29, 1.82) is 0 Å². The molecular formula is C19H26N2O. The van der Waals surface area contributed by atoms with Gasteiger partial charge in [0.05, 0.1) is 5.41 Å². The zero-order valence-corrected chi connectivity index (χ0v) is 13.9. The molecule has 1 spiro atoms. The van der Waals surface area contributed by atoms with E-state index in [1.54, 1.807) is 0 Å². The number of amidine groups is 1. The first kappa shape index (κ1) is 16.5. The number of carbonyl (C=O) groups is 1. The molecule has 2 saturated carbocycles. The van der Waals surface area contributed by atoms with E-state index >= 15 is 0 Å². The lowest BCUT2D eigenvalue weighted by Gasteiger charge is -2.51. The van der Waals surface area contributed by atoms with Gasteiger partial charge < -0.3 is 9.69 Å². The van der Waals surface area contributed by atoms with Crippen molar-refractivity contribution in [3.05, 3.63) is 48.2 Å². The average molecular weight is 298 g/mol. The second-order valence-corrected chi connectivity index (χ2v) is 6.65. The van der Waals surface area contributed by atoms with Crippen LogP contribution in [-0.4, -0.2) is 31.6 Å². The maximum atomic E-state index is 8.00. The van der Waals surface area contributed by atoms with E-state index in [9.17, 15) is 0 Å². The summed E-state index contributed by atoms with van der Waals surface area (Å²) >= 11 is 0. The number of benzene rings is 1. The third-order valence-corrected chi connectivity index (χ3v) is 5.13. The largest absolute Gasteiger partial charge is 0.340 e. The predicted molar refractivity (Wildman–Crippen MR) is 92.2 cm³/mol. The van der Waals surface area contributed by atoms with E-state index in [2.05, 4.69) is 54.7 Å². The highest BCUT2D eigenvalue weighted by molar-refractivity contribution is 5.95. The molecule has 0 radical (unpaired) electrons. The Morgan fingerprint density at radius 1 is 1.32 bits per heavy atom. The summed E-state index contributed by atoms with van der Waals surface area (Å²) in [5, 5.41) is 0. The summed E-state index contributed by atoms with van der Waals surface area (Å²) in [5.74, 6) is 1.16.